The molecule has 2 amide bonds. The van der Waals surface area contributed by atoms with Gasteiger partial charge in [-0.15, -0.1) is 11.3 Å². The number of imidazole rings is 1. The monoisotopic (exact) mass is 491 g/mol. The molecule has 0 bridgehead atoms. The van der Waals surface area contributed by atoms with E-state index in [1.165, 1.54) is 11.3 Å². The lowest BCUT2D eigenvalue weighted by molar-refractivity contribution is -0.120. The summed E-state index contributed by atoms with van der Waals surface area (Å²) < 4.78 is 5.66. The van der Waals surface area contributed by atoms with Crippen molar-refractivity contribution >= 4 is 33.9 Å². The number of carbonyl (C=O) groups is 2. The van der Waals surface area contributed by atoms with E-state index in [4.69, 9.17) is 4.74 Å². The minimum Gasteiger partial charge on any atom is -0.496 e. The zero-order valence-electron chi connectivity index (χ0n) is 19.8. The molecule has 0 aliphatic rings. The van der Waals surface area contributed by atoms with Gasteiger partial charge in [-0.3, -0.25) is 14.6 Å². The van der Waals surface area contributed by atoms with E-state index in [9.17, 15) is 9.59 Å². The molecule has 0 fully saturated rings. The number of amides is 2. The first-order valence-corrected chi connectivity index (χ1v) is 12.5. The number of nitrogens with zero attached hydrogens (tertiary/aromatic N) is 2. The van der Waals surface area contributed by atoms with Crippen molar-refractivity contribution in [1.82, 2.24) is 25.6 Å². The molecule has 2 aromatic carbocycles. The van der Waals surface area contributed by atoms with Crippen LogP contribution >= 0.6 is 11.3 Å². The van der Waals surface area contributed by atoms with Crippen LogP contribution in [0.5, 0.6) is 5.75 Å². The third kappa shape index (κ3) is 6.05. The Bertz CT molecular complexity index is 1290. The van der Waals surface area contributed by atoms with Gasteiger partial charge in [0.25, 0.3) is 5.91 Å². The number of thiazole rings is 1. The van der Waals surface area contributed by atoms with Crippen LogP contribution in [0.25, 0.3) is 22.0 Å². The zero-order valence-corrected chi connectivity index (χ0v) is 20.7. The Kier molecular flexibility index (Phi) is 8.10. The Labute approximate surface area is 208 Å². The summed E-state index contributed by atoms with van der Waals surface area (Å²) in [6.07, 6.45) is 7.06. The van der Waals surface area contributed by atoms with E-state index in [-0.39, 0.29) is 17.9 Å². The maximum Gasteiger partial charge on any atom is 0.263 e. The third-order valence-corrected chi connectivity index (χ3v) is 6.69. The quantitative estimate of drug-likeness (QED) is 0.260. The number of hydrogen-bond acceptors (Lipinski definition) is 6. The summed E-state index contributed by atoms with van der Waals surface area (Å²) >= 11 is 1.30. The van der Waals surface area contributed by atoms with Gasteiger partial charge in [-0.2, -0.15) is 0 Å². The van der Waals surface area contributed by atoms with Crippen molar-refractivity contribution < 1.29 is 14.3 Å². The molecule has 0 unspecified atom stereocenters. The van der Waals surface area contributed by atoms with E-state index >= 15 is 0 Å². The molecule has 0 radical (unpaired) electrons. The number of benzene rings is 2. The molecule has 2 heterocycles. The number of hydrogen-bond donors (Lipinski definition) is 3. The molecule has 0 aliphatic carbocycles. The van der Waals surface area contributed by atoms with Gasteiger partial charge < -0.3 is 20.4 Å². The minimum atomic E-state index is -0.301. The molecule has 35 heavy (non-hydrogen) atoms. The number of methoxy groups -OCH3 is 1. The van der Waals surface area contributed by atoms with Crippen molar-refractivity contribution in [3.63, 3.8) is 0 Å². The van der Waals surface area contributed by atoms with Crippen LogP contribution in [0.4, 0.5) is 0 Å². The molecule has 8 nitrogen and oxygen atoms in total. The Morgan fingerprint density at radius 3 is 2.63 bits per heavy atom. The first-order valence-electron chi connectivity index (χ1n) is 11.6. The van der Waals surface area contributed by atoms with Gasteiger partial charge in [0.1, 0.15) is 16.5 Å². The zero-order chi connectivity index (χ0) is 24.6. The van der Waals surface area contributed by atoms with E-state index in [2.05, 4.69) is 43.8 Å². The molecular weight excluding hydrogens is 462 g/mol. The number of fused-ring (bicyclic) bond motifs is 1. The van der Waals surface area contributed by atoms with Gasteiger partial charge in [-0.05, 0) is 35.7 Å². The van der Waals surface area contributed by atoms with Crippen LogP contribution < -0.4 is 15.4 Å². The molecular formula is C26H29N5O3S. The topological polar surface area (TPSA) is 109 Å². The fourth-order valence-electron chi connectivity index (χ4n) is 4.02. The molecule has 0 saturated carbocycles. The number of rotatable bonds is 11. The molecule has 4 aromatic rings. The Hall–Kier alpha value is -3.72. The van der Waals surface area contributed by atoms with Gasteiger partial charge in [0.15, 0.2) is 0 Å². The normalized spacial score (nSPS) is 11.8. The second-order valence-corrected chi connectivity index (χ2v) is 9.13. The SMILES string of the molecule is CNC(=O)CCCCC[C@H](NC(=O)c1cncs1)c1ncc(-c2cc3ccccc3cc2OC)[nH]1. The number of aromatic nitrogens is 3. The van der Waals surface area contributed by atoms with Crippen molar-refractivity contribution in [1.29, 1.82) is 0 Å². The van der Waals surface area contributed by atoms with Gasteiger partial charge in [0.05, 0.1) is 36.7 Å². The number of aromatic amines is 1. The largest absolute Gasteiger partial charge is 0.496 e. The summed E-state index contributed by atoms with van der Waals surface area (Å²) in [5.74, 6) is 1.29. The lowest BCUT2D eigenvalue weighted by Gasteiger charge is -2.16. The van der Waals surface area contributed by atoms with Crippen molar-refractivity contribution in [3.05, 3.63) is 65.0 Å². The van der Waals surface area contributed by atoms with Gasteiger partial charge >= 0.3 is 0 Å². The number of nitrogens with one attached hydrogen (secondary N) is 3. The Morgan fingerprint density at radius 1 is 1.11 bits per heavy atom. The van der Waals surface area contributed by atoms with Crippen molar-refractivity contribution in [2.75, 3.05) is 14.2 Å². The summed E-state index contributed by atoms with van der Waals surface area (Å²) in [4.78, 5) is 36.8. The van der Waals surface area contributed by atoms with Crippen LogP contribution in [0, 0.1) is 0 Å². The highest BCUT2D eigenvalue weighted by Gasteiger charge is 2.21. The molecule has 0 saturated heterocycles. The summed E-state index contributed by atoms with van der Waals surface area (Å²) in [6.45, 7) is 0. The summed E-state index contributed by atoms with van der Waals surface area (Å²) in [5.41, 5.74) is 3.36. The molecule has 3 N–H and O–H groups in total. The molecule has 0 spiro atoms. The molecule has 182 valence electrons. The molecule has 1 atom stereocenters. The van der Waals surface area contributed by atoms with E-state index in [1.807, 2.05) is 18.2 Å². The van der Waals surface area contributed by atoms with Gasteiger partial charge in [-0.25, -0.2) is 4.98 Å². The van der Waals surface area contributed by atoms with Crippen molar-refractivity contribution in [3.8, 4) is 17.0 Å². The van der Waals surface area contributed by atoms with Crippen LogP contribution in [0.2, 0.25) is 0 Å². The highest BCUT2D eigenvalue weighted by molar-refractivity contribution is 7.11. The highest BCUT2D eigenvalue weighted by Crippen LogP contribution is 2.34. The Balaban J connectivity index is 1.54. The first kappa shape index (κ1) is 24.4. The van der Waals surface area contributed by atoms with Crippen LogP contribution in [-0.4, -0.2) is 40.9 Å². The fourth-order valence-corrected chi connectivity index (χ4v) is 4.54. The maximum absolute atomic E-state index is 12.8. The predicted molar refractivity (Wildman–Crippen MR) is 138 cm³/mol. The van der Waals surface area contributed by atoms with E-state index in [0.717, 1.165) is 47.0 Å². The summed E-state index contributed by atoms with van der Waals surface area (Å²) in [5, 5.41) is 7.94. The summed E-state index contributed by atoms with van der Waals surface area (Å²) in [6, 6.07) is 11.9. The molecule has 0 aliphatic heterocycles. The van der Waals surface area contributed by atoms with Crippen molar-refractivity contribution in [2.24, 2.45) is 0 Å². The van der Waals surface area contributed by atoms with E-state index in [1.54, 1.807) is 32.1 Å². The standard InChI is InChI=1S/C26H29N5O3S/c1-27-24(32)11-5-3-4-10-20(31-26(33)23-15-28-16-35-23)25-29-14-21(30-25)19-12-17-8-6-7-9-18(17)13-22(19)34-2/h6-9,12-16,20H,3-5,10-11H2,1-2H3,(H,27,32)(H,29,30)(H,31,33)/t20-/m0/s1. The fraction of sp³-hybridized carbons (Fsp3) is 0.308. The number of H-pyrrole nitrogens is 1. The van der Waals surface area contributed by atoms with Gasteiger partial charge in [-0.1, -0.05) is 37.1 Å². The molecule has 4 rings (SSSR count). The Morgan fingerprint density at radius 2 is 1.91 bits per heavy atom. The van der Waals surface area contributed by atoms with E-state index < -0.39 is 0 Å². The second-order valence-electron chi connectivity index (χ2n) is 8.25. The average molecular weight is 492 g/mol. The lowest BCUT2D eigenvalue weighted by atomic mass is 10.0. The predicted octanol–water partition coefficient (Wildman–Crippen LogP) is 4.86. The highest BCUT2D eigenvalue weighted by atomic mass is 32.1. The number of unbranched alkanes of at least 4 members (excludes halogenated alkanes) is 2. The number of carbonyl (C=O) groups excluding carboxylic acids is 2. The minimum absolute atomic E-state index is 0.0417. The van der Waals surface area contributed by atoms with Crippen LogP contribution in [0.3, 0.4) is 0 Å². The smallest absolute Gasteiger partial charge is 0.263 e. The lowest BCUT2D eigenvalue weighted by Crippen LogP contribution is -2.28. The maximum atomic E-state index is 12.8. The number of ether oxygens (including phenoxy) is 1. The first-order chi connectivity index (χ1) is 17.1. The van der Waals surface area contributed by atoms with Gasteiger partial charge in [0.2, 0.25) is 5.91 Å². The van der Waals surface area contributed by atoms with Crippen LogP contribution in [-0.2, 0) is 4.79 Å². The third-order valence-electron chi connectivity index (χ3n) is 5.92. The molecule has 2 aromatic heterocycles. The second kappa shape index (κ2) is 11.6. The molecule has 9 heteroatoms. The van der Waals surface area contributed by atoms with Crippen LogP contribution in [0.1, 0.15) is 53.6 Å². The van der Waals surface area contributed by atoms with Crippen LogP contribution in [0.15, 0.2) is 54.3 Å². The average Bonchev–Trinajstić information content (AvgIpc) is 3.59. The summed E-state index contributed by atoms with van der Waals surface area (Å²) in [7, 11) is 3.30. The van der Waals surface area contributed by atoms with E-state index in [0.29, 0.717) is 23.5 Å². The van der Waals surface area contributed by atoms with Crippen molar-refractivity contribution in [2.45, 2.75) is 38.1 Å². The van der Waals surface area contributed by atoms with Gasteiger partial charge in [0, 0.05) is 19.0 Å².